The molecular formula is C21H21BrN2O2. The molecule has 1 aromatic heterocycles. The largest absolute Gasteiger partial charge is 0.492 e. The number of fused-ring (bicyclic) bond motifs is 1. The second-order valence-corrected chi connectivity index (χ2v) is 7.11. The Morgan fingerprint density at radius 2 is 1.92 bits per heavy atom. The monoisotopic (exact) mass is 412 g/mol. The van der Waals surface area contributed by atoms with Gasteiger partial charge in [0.25, 0.3) is 0 Å². The van der Waals surface area contributed by atoms with E-state index in [0.29, 0.717) is 13.2 Å². The van der Waals surface area contributed by atoms with Crippen LogP contribution in [0.3, 0.4) is 0 Å². The van der Waals surface area contributed by atoms with Crippen molar-refractivity contribution in [3.8, 4) is 17.0 Å². The summed E-state index contributed by atoms with van der Waals surface area (Å²) in [6.07, 6.45) is 0. The molecule has 0 saturated heterocycles. The number of rotatable bonds is 7. The second kappa shape index (κ2) is 8.43. The standard InChI is InChI=1S/C21H21BrN2O2/c1-14(15(2)25)23-11-12-26-19-7-3-16(4-8-19)20-9-5-17-13-18(22)6-10-21(17)24-20/h3-10,13-14,23H,11-12H2,1-2H3/t14-/m0/s1. The summed E-state index contributed by atoms with van der Waals surface area (Å²) >= 11 is 3.48. The van der Waals surface area contributed by atoms with E-state index in [1.54, 1.807) is 6.92 Å². The van der Waals surface area contributed by atoms with E-state index in [-0.39, 0.29) is 11.8 Å². The van der Waals surface area contributed by atoms with Crippen molar-refractivity contribution >= 4 is 32.6 Å². The SMILES string of the molecule is CC(=O)[C@H](C)NCCOc1ccc(-c2ccc3cc(Br)ccc3n2)cc1. The minimum absolute atomic E-state index is 0.129. The normalized spacial score (nSPS) is 12.1. The summed E-state index contributed by atoms with van der Waals surface area (Å²) in [5.41, 5.74) is 2.95. The highest BCUT2D eigenvalue weighted by atomic mass is 79.9. The molecule has 0 aliphatic carbocycles. The summed E-state index contributed by atoms with van der Waals surface area (Å²) in [4.78, 5) is 15.9. The predicted octanol–water partition coefficient (Wildman–Crippen LogP) is 4.61. The first-order valence-corrected chi connectivity index (χ1v) is 9.35. The van der Waals surface area contributed by atoms with Gasteiger partial charge in [-0.3, -0.25) is 4.79 Å². The number of hydrogen-bond donors (Lipinski definition) is 1. The van der Waals surface area contributed by atoms with Crippen LogP contribution in [0.15, 0.2) is 59.1 Å². The van der Waals surface area contributed by atoms with Crippen molar-refractivity contribution in [1.82, 2.24) is 10.3 Å². The Hall–Kier alpha value is -2.24. The van der Waals surface area contributed by atoms with Gasteiger partial charge in [0.15, 0.2) is 0 Å². The highest BCUT2D eigenvalue weighted by Crippen LogP contribution is 2.25. The molecule has 0 spiro atoms. The molecule has 0 saturated carbocycles. The van der Waals surface area contributed by atoms with Crippen LogP contribution in [0, 0.1) is 0 Å². The second-order valence-electron chi connectivity index (χ2n) is 6.19. The van der Waals surface area contributed by atoms with Gasteiger partial charge in [-0.1, -0.05) is 22.0 Å². The summed E-state index contributed by atoms with van der Waals surface area (Å²) in [6.45, 7) is 4.58. The fourth-order valence-corrected chi connectivity index (χ4v) is 2.95. The molecule has 0 bridgehead atoms. The number of ketones is 1. The number of pyridine rings is 1. The minimum atomic E-state index is -0.138. The van der Waals surface area contributed by atoms with Gasteiger partial charge in [-0.25, -0.2) is 4.98 Å². The van der Waals surface area contributed by atoms with Crippen molar-refractivity contribution in [2.75, 3.05) is 13.2 Å². The van der Waals surface area contributed by atoms with Crippen molar-refractivity contribution < 1.29 is 9.53 Å². The molecule has 0 aliphatic heterocycles. The van der Waals surface area contributed by atoms with Crippen LogP contribution in [-0.4, -0.2) is 30.0 Å². The molecule has 134 valence electrons. The number of nitrogens with zero attached hydrogens (tertiary/aromatic N) is 1. The van der Waals surface area contributed by atoms with Crippen LogP contribution in [0.5, 0.6) is 5.75 Å². The van der Waals surface area contributed by atoms with Gasteiger partial charge >= 0.3 is 0 Å². The van der Waals surface area contributed by atoms with Crippen LogP contribution in [0.2, 0.25) is 0 Å². The van der Waals surface area contributed by atoms with Crippen molar-refractivity contribution in [3.05, 3.63) is 59.1 Å². The molecule has 4 nitrogen and oxygen atoms in total. The molecule has 2 aromatic carbocycles. The Bertz CT molecular complexity index is 910. The molecular weight excluding hydrogens is 392 g/mol. The summed E-state index contributed by atoms with van der Waals surface area (Å²) in [7, 11) is 0. The number of Topliss-reactive ketones (excluding diaryl/α,β-unsaturated/α-hetero) is 1. The van der Waals surface area contributed by atoms with E-state index in [9.17, 15) is 4.79 Å². The molecule has 1 N–H and O–H groups in total. The highest BCUT2D eigenvalue weighted by Gasteiger charge is 2.06. The van der Waals surface area contributed by atoms with E-state index in [1.165, 1.54) is 0 Å². The van der Waals surface area contributed by atoms with Crippen molar-refractivity contribution in [3.63, 3.8) is 0 Å². The van der Waals surface area contributed by atoms with Gasteiger partial charge in [0.2, 0.25) is 0 Å². The molecule has 0 fully saturated rings. The lowest BCUT2D eigenvalue weighted by Crippen LogP contribution is -2.35. The van der Waals surface area contributed by atoms with E-state index in [1.807, 2.05) is 49.4 Å². The van der Waals surface area contributed by atoms with Gasteiger partial charge in [-0.15, -0.1) is 0 Å². The predicted molar refractivity (Wildman–Crippen MR) is 109 cm³/mol. The number of aromatic nitrogens is 1. The lowest BCUT2D eigenvalue weighted by atomic mass is 10.1. The third-order valence-corrected chi connectivity index (χ3v) is 4.73. The van der Waals surface area contributed by atoms with Crippen LogP contribution in [-0.2, 0) is 4.79 Å². The maximum Gasteiger partial charge on any atom is 0.146 e. The zero-order valence-electron chi connectivity index (χ0n) is 14.8. The number of benzene rings is 2. The van der Waals surface area contributed by atoms with Crippen LogP contribution in [0.4, 0.5) is 0 Å². The van der Waals surface area contributed by atoms with Crippen LogP contribution < -0.4 is 10.1 Å². The number of ether oxygens (including phenoxy) is 1. The number of carbonyl (C=O) groups excluding carboxylic acids is 1. The lowest BCUT2D eigenvalue weighted by molar-refractivity contribution is -0.118. The third-order valence-electron chi connectivity index (χ3n) is 4.23. The number of hydrogen-bond acceptors (Lipinski definition) is 4. The average Bonchev–Trinajstić information content (AvgIpc) is 2.65. The highest BCUT2D eigenvalue weighted by molar-refractivity contribution is 9.10. The Morgan fingerprint density at radius 1 is 1.15 bits per heavy atom. The van der Waals surface area contributed by atoms with Gasteiger partial charge in [0.05, 0.1) is 17.3 Å². The van der Waals surface area contributed by atoms with Crippen LogP contribution in [0.1, 0.15) is 13.8 Å². The summed E-state index contributed by atoms with van der Waals surface area (Å²) in [6, 6.07) is 17.9. The maximum absolute atomic E-state index is 11.2. The fourth-order valence-electron chi connectivity index (χ4n) is 2.57. The summed E-state index contributed by atoms with van der Waals surface area (Å²) in [5, 5.41) is 4.23. The van der Waals surface area contributed by atoms with Gasteiger partial charge in [0, 0.05) is 22.0 Å². The molecule has 0 amide bonds. The fraction of sp³-hybridized carbons (Fsp3) is 0.238. The smallest absolute Gasteiger partial charge is 0.146 e. The molecule has 5 heteroatoms. The molecule has 26 heavy (non-hydrogen) atoms. The third kappa shape index (κ3) is 4.68. The first-order chi connectivity index (χ1) is 12.5. The average molecular weight is 413 g/mol. The van der Waals surface area contributed by atoms with E-state index >= 15 is 0 Å². The molecule has 1 heterocycles. The van der Waals surface area contributed by atoms with Crippen LogP contribution >= 0.6 is 15.9 Å². The number of nitrogens with one attached hydrogen (secondary N) is 1. The molecule has 0 aliphatic rings. The van der Waals surface area contributed by atoms with Crippen LogP contribution in [0.25, 0.3) is 22.2 Å². The first-order valence-electron chi connectivity index (χ1n) is 8.56. The van der Waals surface area contributed by atoms with Gasteiger partial charge < -0.3 is 10.1 Å². The molecule has 1 atom stereocenters. The zero-order valence-corrected chi connectivity index (χ0v) is 16.4. The van der Waals surface area contributed by atoms with Crippen molar-refractivity contribution in [2.45, 2.75) is 19.9 Å². The van der Waals surface area contributed by atoms with E-state index in [0.717, 1.165) is 32.4 Å². The number of carbonyl (C=O) groups is 1. The van der Waals surface area contributed by atoms with Gasteiger partial charge in [-0.05, 0) is 62.4 Å². The minimum Gasteiger partial charge on any atom is -0.492 e. The van der Waals surface area contributed by atoms with E-state index in [2.05, 4.69) is 33.4 Å². The lowest BCUT2D eigenvalue weighted by Gasteiger charge is -2.11. The topological polar surface area (TPSA) is 51.2 Å². The number of halogens is 1. The Balaban J connectivity index is 1.62. The van der Waals surface area contributed by atoms with Crippen molar-refractivity contribution in [1.29, 1.82) is 0 Å². The molecule has 0 radical (unpaired) electrons. The van der Waals surface area contributed by atoms with Gasteiger partial charge in [-0.2, -0.15) is 0 Å². The summed E-state index contributed by atoms with van der Waals surface area (Å²) in [5.74, 6) is 0.931. The Morgan fingerprint density at radius 3 is 2.65 bits per heavy atom. The Labute approximate surface area is 161 Å². The first kappa shape index (κ1) is 18.5. The zero-order chi connectivity index (χ0) is 18.5. The molecule has 0 unspecified atom stereocenters. The summed E-state index contributed by atoms with van der Waals surface area (Å²) < 4.78 is 6.76. The van der Waals surface area contributed by atoms with E-state index < -0.39 is 0 Å². The van der Waals surface area contributed by atoms with Crippen molar-refractivity contribution in [2.24, 2.45) is 0 Å². The van der Waals surface area contributed by atoms with Gasteiger partial charge in [0.1, 0.15) is 18.1 Å². The van der Waals surface area contributed by atoms with E-state index in [4.69, 9.17) is 9.72 Å². The quantitative estimate of drug-likeness (QED) is 0.575. The Kier molecular flexibility index (Phi) is 6.01. The molecule has 3 rings (SSSR count). The maximum atomic E-state index is 11.2. The molecule has 3 aromatic rings.